The molecule has 0 heterocycles. The normalized spacial score (nSPS) is 10.5. The van der Waals surface area contributed by atoms with Gasteiger partial charge in [0.2, 0.25) is 0 Å². The van der Waals surface area contributed by atoms with Gasteiger partial charge in [-0.05, 0) is 5.56 Å². The molecule has 2 heteroatoms. The van der Waals surface area contributed by atoms with Crippen molar-refractivity contribution in [3.8, 4) is 0 Å². The summed E-state index contributed by atoms with van der Waals surface area (Å²) in [6, 6.07) is 10.1. The highest BCUT2D eigenvalue weighted by Crippen LogP contribution is 2.11. The molecule has 1 aromatic rings. The molecule has 4 N–H and O–H groups in total. The number of hydrogen-bond acceptors (Lipinski definition) is 2. The highest BCUT2D eigenvalue weighted by atomic mass is 14.6. The lowest BCUT2D eigenvalue weighted by atomic mass is 10.00. The fraction of sp³-hybridized carbons (Fsp3) is 0.333. The first-order valence-electron chi connectivity index (χ1n) is 3.83. The first-order chi connectivity index (χ1) is 5.38. The van der Waals surface area contributed by atoms with Crippen LogP contribution in [0.1, 0.15) is 11.5 Å². The summed E-state index contributed by atoms with van der Waals surface area (Å²) in [5.41, 5.74) is 12.3. The second-order valence-corrected chi connectivity index (χ2v) is 2.58. The summed E-state index contributed by atoms with van der Waals surface area (Å²) in [6.07, 6.45) is 0. The van der Waals surface area contributed by atoms with Crippen molar-refractivity contribution in [1.29, 1.82) is 0 Å². The molecule has 0 radical (unpaired) electrons. The molecule has 2 nitrogen and oxygen atoms in total. The summed E-state index contributed by atoms with van der Waals surface area (Å²) >= 11 is 0. The molecule has 0 bridgehead atoms. The van der Waals surface area contributed by atoms with Crippen molar-refractivity contribution >= 4 is 0 Å². The van der Waals surface area contributed by atoms with Crippen molar-refractivity contribution in [2.75, 3.05) is 13.1 Å². The van der Waals surface area contributed by atoms with Crippen LogP contribution >= 0.6 is 0 Å². The summed E-state index contributed by atoms with van der Waals surface area (Å²) in [6.45, 7) is 1.25. The topological polar surface area (TPSA) is 52.0 Å². The number of hydrogen-bond donors (Lipinski definition) is 2. The zero-order chi connectivity index (χ0) is 8.10. The molecule has 11 heavy (non-hydrogen) atoms. The first-order valence-corrected chi connectivity index (χ1v) is 3.83. The van der Waals surface area contributed by atoms with E-state index in [9.17, 15) is 0 Å². The van der Waals surface area contributed by atoms with E-state index in [2.05, 4.69) is 12.1 Å². The van der Waals surface area contributed by atoms with E-state index in [1.54, 1.807) is 0 Å². The molecule has 0 spiro atoms. The Morgan fingerprint density at radius 3 is 2.00 bits per heavy atom. The maximum absolute atomic E-state index is 5.54. The second-order valence-electron chi connectivity index (χ2n) is 2.58. The molecule has 0 saturated carbocycles. The van der Waals surface area contributed by atoms with Crippen molar-refractivity contribution < 1.29 is 0 Å². The Kier molecular flexibility index (Phi) is 3.08. The third-order valence-corrected chi connectivity index (χ3v) is 1.84. The molecule has 0 aromatic heterocycles. The lowest BCUT2D eigenvalue weighted by molar-refractivity contribution is 0.708. The number of benzene rings is 1. The van der Waals surface area contributed by atoms with Crippen LogP contribution in [0.5, 0.6) is 0 Å². The SMILES string of the molecule is NCC(CN)c1ccccc1. The fourth-order valence-corrected chi connectivity index (χ4v) is 1.09. The molecule has 0 fully saturated rings. The molecule has 0 aliphatic rings. The summed E-state index contributed by atoms with van der Waals surface area (Å²) in [4.78, 5) is 0. The smallest absolute Gasteiger partial charge is 0.00841 e. The van der Waals surface area contributed by atoms with Gasteiger partial charge in [0, 0.05) is 19.0 Å². The Hall–Kier alpha value is -0.860. The molecule has 1 rings (SSSR count). The van der Waals surface area contributed by atoms with Crippen LogP contribution in [0.25, 0.3) is 0 Å². The molecule has 0 aliphatic heterocycles. The molecule has 0 aliphatic carbocycles. The van der Waals surface area contributed by atoms with Crippen LogP contribution in [0.3, 0.4) is 0 Å². The maximum atomic E-state index is 5.54. The van der Waals surface area contributed by atoms with Crippen molar-refractivity contribution in [1.82, 2.24) is 0 Å². The van der Waals surface area contributed by atoms with Crippen LogP contribution in [0.2, 0.25) is 0 Å². The van der Waals surface area contributed by atoms with Gasteiger partial charge in [0.05, 0.1) is 0 Å². The molecular formula is C9H14N2. The van der Waals surface area contributed by atoms with Gasteiger partial charge in [-0.25, -0.2) is 0 Å². The van der Waals surface area contributed by atoms with E-state index in [-0.39, 0.29) is 0 Å². The van der Waals surface area contributed by atoms with Crippen molar-refractivity contribution in [3.63, 3.8) is 0 Å². The van der Waals surface area contributed by atoms with Crippen LogP contribution in [0.15, 0.2) is 30.3 Å². The Morgan fingerprint density at radius 2 is 1.55 bits per heavy atom. The van der Waals surface area contributed by atoms with Gasteiger partial charge >= 0.3 is 0 Å². The monoisotopic (exact) mass is 150 g/mol. The van der Waals surface area contributed by atoms with Crippen LogP contribution in [-0.2, 0) is 0 Å². The Morgan fingerprint density at radius 1 is 1.00 bits per heavy atom. The van der Waals surface area contributed by atoms with E-state index in [0.717, 1.165) is 0 Å². The molecule has 60 valence electrons. The van der Waals surface area contributed by atoms with E-state index in [0.29, 0.717) is 19.0 Å². The summed E-state index contributed by atoms with van der Waals surface area (Å²) < 4.78 is 0. The van der Waals surface area contributed by atoms with Gasteiger partial charge in [-0.3, -0.25) is 0 Å². The second kappa shape index (κ2) is 4.11. The highest BCUT2D eigenvalue weighted by molar-refractivity contribution is 5.19. The number of rotatable bonds is 3. The van der Waals surface area contributed by atoms with Crippen LogP contribution in [0.4, 0.5) is 0 Å². The van der Waals surface area contributed by atoms with Crippen molar-refractivity contribution in [2.45, 2.75) is 5.92 Å². The van der Waals surface area contributed by atoms with Gasteiger partial charge in [-0.15, -0.1) is 0 Å². The summed E-state index contributed by atoms with van der Waals surface area (Å²) in [5.74, 6) is 0.316. The van der Waals surface area contributed by atoms with Crippen LogP contribution in [-0.4, -0.2) is 13.1 Å². The van der Waals surface area contributed by atoms with Crippen molar-refractivity contribution in [3.05, 3.63) is 35.9 Å². The van der Waals surface area contributed by atoms with Gasteiger partial charge in [0.15, 0.2) is 0 Å². The molecule has 0 amide bonds. The van der Waals surface area contributed by atoms with Crippen molar-refractivity contribution in [2.24, 2.45) is 11.5 Å². The average Bonchev–Trinajstić information content (AvgIpc) is 2.09. The molecular weight excluding hydrogens is 136 g/mol. The van der Waals surface area contributed by atoms with Crippen LogP contribution in [0, 0.1) is 0 Å². The molecule has 0 saturated heterocycles. The molecule has 1 aromatic carbocycles. The predicted molar refractivity (Wildman–Crippen MR) is 47.3 cm³/mol. The van der Waals surface area contributed by atoms with E-state index >= 15 is 0 Å². The third-order valence-electron chi connectivity index (χ3n) is 1.84. The minimum Gasteiger partial charge on any atom is -0.330 e. The van der Waals surface area contributed by atoms with E-state index in [1.807, 2.05) is 18.2 Å². The number of nitrogens with two attached hydrogens (primary N) is 2. The average molecular weight is 150 g/mol. The van der Waals surface area contributed by atoms with Gasteiger partial charge < -0.3 is 11.5 Å². The zero-order valence-electron chi connectivity index (χ0n) is 6.53. The Bertz CT molecular complexity index is 192. The quantitative estimate of drug-likeness (QED) is 0.666. The van der Waals surface area contributed by atoms with Gasteiger partial charge in [-0.2, -0.15) is 0 Å². The Labute approximate surface area is 67.2 Å². The lowest BCUT2D eigenvalue weighted by Crippen LogP contribution is -2.20. The van der Waals surface area contributed by atoms with Gasteiger partial charge in [-0.1, -0.05) is 30.3 Å². The standard InChI is InChI=1S/C9H14N2/c10-6-9(7-11)8-4-2-1-3-5-8/h1-5,9H,6-7,10-11H2. The minimum absolute atomic E-state index is 0.316. The van der Waals surface area contributed by atoms with Gasteiger partial charge in [0.1, 0.15) is 0 Å². The van der Waals surface area contributed by atoms with E-state index in [4.69, 9.17) is 11.5 Å². The lowest BCUT2D eigenvalue weighted by Gasteiger charge is -2.11. The Balaban J connectivity index is 2.74. The summed E-state index contributed by atoms with van der Waals surface area (Å²) in [5, 5.41) is 0. The zero-order valence-corrected chi connectivity index (χ0v) is 6.53. The van der Waals surface area contributed by atoms with Crippen LogP contribution < -0.4 is 11.5 Å². The molecule has 0 atom stereocenters. The predicted octanol–water partition coefficient (Wildman–Crippen LogP) is 0.688. The first kappa shape index (κ1) is 8.24. The molecule has 0 unspecified atom stereocenters. The van der Waals surface area contributed by atoms with E-state index in [1.165, 1.54) is 5.56 Å². The fourth-order valence-electron chi connectivity index (χ4n) is 1.09. The van der Waals surface area contributed by atoms with E-state index < -0.39 is 0 Å². The summed E-state index contributed by atoms with van der Waals surface area (Å²) in [7, 11) is 0. The minimum atomic E-state index is 0.316. The van der Waals surface area contributed by atoms with Gasteiger partial charge in [0.25, 0.3) is 0 Å². The highest BCUT2D eigenvalue weighted by Gasteiger charge is 2.04. The largest absolute Gasteiger partial charge is 0.330 e. The maximum Gasteiger partial charge on any atom is 0.00841 e. The third kappa shape index (κ3) is 2.03.